The largest absolute Gasteiger partial charge is 0.496 e. The Morgan fingerprint density at radius 3 is 2.17 bits per heavy atom. The first-order valence-electron chi connectivity index (χ1n) is 9.41. The van der Waals surface area contributed by atoms with E-state index in [9.17, 15) is 4.79 Å². The number of rotatable bonds is 9. The lowest BCUT2D eigenvalue weighted by Crippen LogP contribution is -2.26. The van der Waals surface area contributed by atoms with Crippen LogP contribution in [0.5, 0.6) is 23.0 Å². The summed E-state index contributed by atoms with van der Waals surface area (Å²) in [5.41, 5.74) is 2.79. The van der Waals surface area contributed by atoms with E-state index in [1.807, 2.05) is 38.1 Å². The summed E-state index contributed by atoms with van der Waals surface area (Å²) in [6.07, 6.45) is 3.95. The van der Waals surface area contributed by atoms with Crippen LogP contribution in [0, 0.1) is 6.92 Å². The van der Waals surface area contributed by atoms with E-state index in [0.717, 1.165) is 23.3 Å². The molecule has 156 valence electrons. The lowest BCUT2D eigenvalue weighted by atomic mass is 10.0. The summed E-state index contributed by atoms with van der Waals surface area (Å²) >= 11 is 0. The number of nitrogens with one attached hydrogen (secondary N) is 1. The minimum absolute atomic E-state index is 0.0935. The Labute approximate surface area is 172 Å². The minimum Gasteiger partial charge on any atom is -0.496 e. The van der Waals surface area contributed by atoms with Crippen LogP contribution in [0.3, 0.4) is 0 Å². The molecule has 1 amide bonds. The van der Waals surface area contributed by atoms with Crippen LogP contribution in [0.1, 0.15) is 36.1 Å². The lowest BCUT2D eigenvalue weighted by molar-refractivity contribution is -0.117. The van der Waals surface area contributed by atoms with Crippen molar-refractivity contribution < 1.29 is 23.7 Å². The second kappa shape index (κ2) is 10.4. The van der Waals surface area contributed by atoms with Gasteiger partial charge in [-0.1, -0.05) is 19.1 Å². The van der Waals surface area contributed by atoms with Gasteiger partial charge in [-0.2, -0.15) is 0 Å². The molecule has 0 heterocycles. The van der Waals surface area contributed by atoms with E-state index in [1.54, 1.807) is 40.6 Å². The van der Waals surface area contributed by atoms with Gasteiger partial charge in [-0.05, 0) is 48.7 Å². The fourth-order valence-electron chi connectivity index (χ4n) is 3.18. The van der Waals surface area contributed by atoms with Gasteiger partial charge in [-0.3, -0.25) is 4.79 Å². The molecular formula is C23H29NO5. The highest BCUT2D eigenvalue weighted by molar-refractivity contribution is 5.92. The topological polar surface area (TPSA) is 66.0 Å². The van der Waals surface area contributed by atoms with E-state index in [1.165, 1.54) is 6.08 Å². The molecule has 1 atom stereocenters. The number of amides is 1. The third-order valence-corrected chi connectivity index (χ3v) is 4.69. The molecule has 2 aromatic rings. The zero-order chi connectivity index (χ0) is 21.4. The van der Waals surface area contributed by atoms with Crippen molar-refractivity contribution in [3.8, 4) is 23.0 Å². The molecule has 0 saturated heterocycles. The van der Waals surface area contributed by atoms with Gasteiger partial charge >= 0.3 is 0 Å². The smallest absolute Gasteiger partial charge is 0.244 e. The summed E-state index contributed by atoms with van der Waals surface area (Å²) in [4.78, 5) is 12.5. The molecule has 6 heteroatoms. The van der Waals surface area contributed by atoms with Crippen LogP contribution in [0.15, 0.2) is 36.4 Å². The number of benzene rings is 2. The van der Waals surface area contributed by atoms with Gasteiger partial charge < -0.3 is 24.3 Å². The van der Waals surface area contributed by atoms with Crippen molar-refractivity contribution in [3.63, 3.8) is 0 Å². The van der Waals surface area contributed by atoms with Crippen molar-refractivity contribution in [2.75, 3.05) is 28.4 Å². The van der Waals surface area contributed by atoms with Gasteiger partial charge in [0.15, 0.2) is 11.5 Å². The zero-order valence-electron chi connectivity index (χ0n) is 17.9. The summed E-state index contributed by atoms with van der Waals surface area (Å²) in [5, 5.41) is 3.04. The molecular weight excluding hydrogens is 370 g/mol. The summed E-state index contributed by atoms with van der Waals surface area (Å²) in [7, 11) is 6.30. The van der Waals surface area contributed by atoms with Gasteiger partial charge in [-0.25, -0.2) is 0 Å². The minimum atomic E-state index is -0.192. The fraction of sp³-hybridized carbons (Fsp3) is 0.348. The predicted molar refractivity (Wildman–Crippen MR) is 114 cm³/mol. The van der Waals surface area contributed by atoms with Crippen LogP contribution in [-0.4, -0.2) is 34.3 Å². The Bertz CT molecular complexity index is 876. The van der Waals surface area contributed by atoms with E-state index in [2.05, 4.69) is 5.32 Å². The normalized spacial score (nSPS) is 11.8. The van der Waals surface area contributed by atoms with Crippen LogP contribution in [-0.2, 0) is 4.79 Å². The highest BCUT2D eigenvalue weighted by Gasteiger charge is 2.15. The van der Waals surface area contributed by atoms with Crippen LogP contribution in [0.25, 0.3) is 6.08 Å². The first-order valence-corrected chi connectivity index (χ1v) is 9.41. The number of hydrogen-bond donors (Lipinski definition) is 1. The molecule has 0 saturated carbocycles. The Balaban J connectivity index is 2.19. The lowest BCUT2D eigenvalue weighted by Gasteiger charge is -2.18. The van der Waals surface area contributed by atoms with Crippen LogP contribution >= 0.6 is 0 Å². The number of carbonyl (C=O) groups excluding carboxylic acids is 1. The first-order chi connectivity index (χ1) is 14.0. The Kier molecular flexibility index (Phi) is 7.95. The summed E-state index contributed by atoms with van der Waals surface area (Å²) in [5.74, 6) is 2.19. The summed E-state index contributed by atoms with van der Waals surface area (Å²) in [6.45, 7) is 4.02. The number of hydrogen-bond acceptors (Lipinski definition) is 5. The third-order valence-electron chi connectivity index (χ3n) is 4.69. The van der Waals surface area contributed by atoms with E-state index in [0.29, 0.717) is 22.8 Å². The van der Waals surface area contributed by atoms with Crippen LogP contribution < -0.4 is 24.3 Å². The van der Waals surface area contributed by atoms with Gasteiger partial charge in [0.1, 0.15) is 5.75 Å². The molecule has 0 bridgehead atoms. The highest BCUT2D eigenvalue weighted by atomic mass is 16.5. The van der Waals surface area contributed by atoms with Gasteiger partial charge in [-0.15, -0.1) is 0 Å². The third kappa shape index (κ3) is 5.22. The van der Waals surface area contributed by atoms with E-state index < -0.39 is 0 Å². The van der Waals surface area contributed by atoms with E-state index >= 15 is 0 Å². The molecule has 29 heavy (non-hydrogen) atoms. The second-order valence-corrected chi connectivity index (χ2v) is 6.46. The predicted octanol–water partition coefficient (Wildman–Crippen LogP) is 4.31. The molecule has 2 rings (SSSR count). The fourth-order valence-corrected chi connectivity index (χ4v) is 3.18. The molecule has 0 aliphatic heterocycles. The Hall–Kier alpha value is -3.15. The molecule has 1 N–H and O–H groups in total. The summed E-state index contributed by atoms with van der Waals surface area (Å²) < 4.78 is 21.4. The molecule has 0 fully saturated rings. The molecule has 2 aromatic carbocycles. The second-order valence-electron chi connectivity index (χ2n) is 6.46. The maximum atomic E-state index is 12.5. The van der Waals surface area contributed by atoms with Crippen molar-refractivity contribution in [1.82, 2.24) is 5.32 Å². The highest BCUT2D eigenvalue weighted by Crippen LogP contribution is 2.40. The van der Waals surface area contributed by atoms with Crippen LogP contribution in [0.2, 0.25) is 0 Å². The van der Waals surface area contributed by atoms with Crippen molar-refractivity contribution >= 4 is 12.0 Å². The van der Waals surface area contributed by atoms with Gasteiger partial charge in [0.2, 0.25) is 11.7 Å². The number of aryl methyl sites for hydroxylation is 1. The van der Waals surface area contributed by atoms with Crippen molar-refractivity contribution in [3.05, 3.63) is 53.1 Å². The molecule has 0 aromatic heterocycles. The Morgan fingerprint density at radius 2 is 1.62 bits per heavy atom. The molecule has 0 aliphatic rings. The van der Waals surface area contributed by atoms with Gasteiger partial charge in [0, 0.05) is 11.6 Å². The molecule has 0 aliphatic carbocycles. The van der Waals surface area contributed by atoms with E-state index in [-0.39, 0.29) is 11.9 Å². The maximum absolute atomic E-state index is 12.5. The first kappa shape index (κ1) is 22.1. The van der Waals surface area contributed by atoms with Gasteiger partial charge in [0.05, 0.1) is 34.5 Å². The van der Waals surface area contributed by atoms with Gasteiger partial charge in [0.25, 0.3) is 0 Å². The van der Waals surface area contributed by atoms with Crippen molar-refractivity contribution in [2.24, 2.45) is 0 Å². The Morgan fingerprint density at radius 1 is 0.966 bits per heavy atom. The van der Waals surface area contributed by atoms with Crippen molar-refractivity contribution in [2.45, 2.75) is 26.3 Å². The average Bonchev–Trinajstić information content (AvgIpc) is 2.74. The zero-order valence-corrected chi connectivity index (χ0v) is 17.9. The SMILES string of the molecule is CCC(NC(=O)/C=C/c1ccc(OC)c(OC)c1OC)c1ccc(OC)c(C)c1. The molecule has 0 spiro atoms. The standard InChI is InChI=1S/C23H29NO5/c1-7-18(17-9-11-19(26-3)15(2)14-17)24-21(25)13-10-16-8-12-20(27-4)23(29-6)22(16)28-5/h8-14,18H,7H2,1-6H3,(H,24,25)/b13-10+. The number of methoxy groups -OCH3 is 4. The number of carbonyl (C=O) groups is 1. The molecule has 0 radical (unpaired) electrons. The molecule has 1 unspecified atom stereocenters. The monoisotopic (exact) mass is 399 g/mol. The van der Waals surface area contributed by atoms with Crippen LogP contribution in [0.4, 0.5) is 0 Å². The number of ether oxygens (including phenoxy) is 4. The summed E-state index contributed by atoms with van der Waals surface area (Å²) in [6, 6.07) is 9.42. The average molecular weight is 399 g/mol. The maximum Gasteiger partial charge on any atom is 0.244 e. The molecule has 6 nitrogen and oxygen atoms in total. The van der Waals surface area contributed by atoms with Crippen molar-refractivity contribution in [1.29, 1.82) is 0 Å². The van der Waals surface area contributed by atoms with E-state index in [4.69, 9.17) is 18.9 Å². The quantitative estimate of drug-likeness (QED) is 0.637.